The Balaban J connectivity index is 1.58. The average Bonchev–Trinajstić information content (AvgIpc) is 2.68. The summed E-state index contributed by atoms with van der Waals surface area (Å²) in [6, 6.07) is 11.5. The van der Waals surface area contributed by atoms with Crippen LogP contribution in [-0.2, 0) is 4.79 Å². The van der Waals surface area contributed by atoms with Crippen LogP contribution in [0.25, 0.3) is 0 Å². The van der Waals surface area contributed by atoms with E-state index >= 15 is 0 Å². The maximum atomic E-state index is 13.8. The van der Waals surface area contributed by atoms with Crippen molar-refractivity contribution in [3.63, 3.8) is 0 Å². The highest BCUT2D eigenvalue weighted by molar-refractivity contribution is 5.95. The highest BCUT2D eigenvalue weighted by Gasteiger charge is 2.29. The summed E-state index contributed by atoms with van der Waals surface area (Å²) in [5.74, 6) is -2.59. The number of nitrogens with one attached hydrogen (secondary N) is 1. The van der Waals surface area contributed by atoms with Crippen molar-refractivity contribution in [3.05, 3.63) is 65.2 Å². The van der Waals surface area contributed by atoms with Gasteiger partial charge in [-0.05, 0) is 43.2 Å². The molecule has 0 unspecified atom stereocenters. The van der Waals surface area contributed by atoms with Crippen molar-refractivity contribution < 1.29 is 18.4 Å². The van der Waals surface area contributed by atoms with Crippen molar-refractivity contribution in [2.75, 3.05) is 18.4 Å². The van der Waals surface area contributed by atoms with Crippen molar-refractivity contribution in [2.45, 2.75) is 12.8 Å². The number of carbonyl (C=O) groups is 2. The number of rotatable bonds is 3. The van der Waals surface area contributed by atoms with Crippen LogP contribution in [0.2, 0.25) is 0 Å². The molecule has 2 aromatic carbocycles. The number of nitrogens with zero attached hydrogens (tertiary/aromatic N) is 2. The van der Waals surface area contributed by atoms with Crippen molar-refractivity contribution in [3.8, 4) is 6.07 Å². The summed E-state index contributed by atoms with van der Waals surface area (Å²) in [6.45, 7) is 0.623. The van der Waals surface area contributed by atoms with Gasteiger partial charge in [-0.3, -0.25) is 9.59 Å². The summed E-state index contributed by atoms with van der Waals surface area (Å²) in [5, 5.41) is 11.7. The zero-order chi connectivity index (χ0) is 19.4. The van der Waals surface area contributed by atoms with Gasteiger partial charge in [-0.1, -0.05) is 6.07 Å². The maximum Gasteiger partial charge on any atom is 0.256 e. The standard InChI is InChI=1S/C20H17F2N3O2/c21-15-4-5-17(18(22)11-15)20(27)25-8-6-14(7-9-25)19(26)24-16-3-1-2-13(10-16)12-23/h1-5,10-11,14H,6-9H2,(H,24,26). The summed E-state index contributed by atoms with van der Waals surface area (Å²) >= 11 is 0. The van der Waals surface area contributed by atoms with E-state index in [0.717, 1.165) is 12.1 Å². The van der Waals surface area contributed by atoms with Crippen LogP contribution < -0.4 is 5.32 Å². The van der Waals surface area contributed by atoms with Gasteiger partial charge in [0.2, 0.25) is 5.91 Å². The second-order valence-corrected chi connectivity index (χ2v) is 6.37. The molecule has 0 aliphatic carbocycles. The minimum absolute atomic E-state index is 0.174. The molecular weight excluding hydrogens is 352 g/mol. The maximum absolute atomic E-state index is 13.8. The Morgan fingerprint density at radius 1 is 1.11 bits per heavy atom. The molecule has 0 atom stereocenters. The molecule has 0 bridgehead atoms. The molecule has 0 aromatic heterocycles. The molecule has 2 aromatic rings. The van der Waals surface area contributed by atoms with Crippen molar-refractivity contribution in [2.24, 2.45) is 5.92 Å². The molecule has 3 rings (SSSR count). The zero-order valence-electron chi connectivity index (χ0n) is 14.4. The van der Waals surface area contributed by atoms with E-state index in [1.54, 1.807) is 24.3 Å². The molecule has 1 saturated heterocycles. The quantitative estimate of drug-likeness (QED) is 0.902. The SMILES string of the molecule is N#Cc1cccc(NC(=O)C2CCN(C(=O)c3ccc(F)cc3F)CC2)c1. The number of nitriles is 1. The van der Waals surface area contributed by atoms with E-state index in [2.05, 4.69) is 5.32 Å². The van der Waals surface area contributed by atoms with Gasteiger partial charge in [-0.2, -0.15) is 5.26 Å². The predicted molar refractivity (Wildman–Crippen MR) is 94.8 cm³/mol. The molecule has 27 heavy (non-hydrogen) atoms. The van der Waals surface area contributed by atoms with Crippen LogP contribution in [0.5, 0.6) is 0 Å². The second kappa shape index (κ2) is 7.96. The molecule has 0 radical (unpaired) electrons. The zero-order valence-corrected chi connectivity index (χ0v) is 14.4. The first-order chi connectivity index (χ1) is 13.0. The highest BCUT2D eigenvalue weighted by atomic mass is 19.1. The average molecular weight is 369 g/mol. The Hall–Kier alpha value is -3.27. The van der Waals surface area contributed by atoms with Crippen molar-refractivity contribution >= 4 is 17.5 Å². The number of anilines is 1. The van der Waals surface area contributed by atoms with E-state index < -0.39 is 17.5 Å². The van der Waals surface area contributed by atoms with Crippen LogP contribution in [-0.4, -0.2) is 29.8 Å². The van der Waals surface area contributed by atoms with Crippen LogP contribution in [0.4, 0.5) is 14.5 Å². The Morgan fingerprint density at radius 3 is 2.52 bits per heavy atom. The van der Waals surface area contributed by atoms with E-state index in [1.165, 1.54) is 4.90 Å². The number of benzene rings is 2. The van der Waals surface area contributed by atoms with Crippen LogP contribution in [0.1, 0.15) is 28.8 Å². The minimum Gasteiger partial charge on any atom is -0.339 e. The molecule has 1 fully saturated rings. The fraction of sp³-hybridized carbons (Fsp3) is 0.250. The van der Waals surface area contributed by atoms with Crippen molar-refractivity contribution in [1.82, 2.24) is 4.90 Å². The molecule has 138 valence electrons. The Morgan fingerprint density at radius 2 is 1.85 bits per heavy atom. The van der Waals surface area contributed by atoms with Crippen molar-refractivity contribution in [1.29, 1.82) is 5.26 Å². The molecule has 1 N–H and O–H groups in total. The lowest BCUT2D eigenvalue weighted by Gasteiger charge is -2.31. The summed E-state index contributed by atoms with van der Waals surface area (Å²) in [7, 11) is 0. The highest BCUT2D eigenvalue weighted by Crippen LogP contribution is 2.22. The van der Waals surface area contributed by atoms with E-state index in [1.807, 2.05) is 6.07 Å². The van der Waals surface area contributed by atoms with Gasteiger partial charge in [-0.25, -0.2) is 8.78 Å². The molecule has 5 nitrogen and oxygen atoms in total. The number of likely N-dealkylation sites (tertiary alicyclic amines) is 1. The minimum atomic E-state index is -0.891. The molecule has 2 amide bonds. The largest absolute Gasteiger partial charge is 0.339 e. The van der Waals surface area contributed by atoms with Gasteiger partial charge < -0.3 is 10.2 Å². The van der Waals surface area contributed by atoms with E-state index in [0.29, 0.717) is 43.2 Å². The number of carbonyl (C=O) groups excluding carboxylic acids is 2. The first-order valence-electron chi connectivity index (χ1n) is 8.53. The third-order valence-electron chi connectivity index (χ3n) is 4.57. The van der Waals surface area contributed by atoms with E-state index in [4.69, 9.17) is 5.26 Å². The van der Waals surface area contributed by atoms with Crippen LogP contribution in [0.15, 0.2) is 42.5 Å². The van der Waals surface area contributed by atoms with Gasteiger partial charge >= 0.3 is 0 Å². The molecule has 0 saturated carbocycles. The normalized spacial score (nSPS) is 14.5. The van der Waals surface area contributed by atoms with E-state index in [-0.39, 0.29) is 17.4 Å². The number of amides is 2. The first-order valence-corrected chi connectivity index (χ1v) is 8.53. The van der Waals surface area contributed by atoms with Crippen LogP contribution in [0.3, 0.4) is 0 Å². The number of hydrogen-bond acceptors (Lipinski definition) is 3. The summed E-state index contributed by atoms with van der Waals surface area (Å²) in [4.78, 5) is 26.3. The summed E-state index contributed by atoms with van der Waals surface area (Å²) in [6.07, 6.45) is 0.886. The predicted octanol–water partition coefficient (Wildman–Crippen LogP) is 3.33. The Labute approximate surface area is 155 Å². The van der Waals surface area contributed by atoms with Gasteiger partial charge in [0.15, 0.2) is 0 Å². The fourth-order valence-electron chi connectivity index (χ4n) is 3.09. The third-order valence-corrected chi connectivity index (χ3v) is 4.57. The lowest BCUT2D eigenvalue weighted by atomic mass is 9.95. The Bertz CT molecular complexity index is 916. The monoisotopic (exact) mass is 369 g/mol. The van der Waals surface area contributed by atoms with Gasteiger partial charge in [0, 0.05) is 30.8 Å². The molecule has 1 aliphatic heterocycles. The molecule has 1 heterocycles. The molecular formula is C20H17F2N3O2. The molecule has 7 heteroatoms. The lowest BCUT2D eigenvalue weighted by Crippen LogP contribution is -2.41. The number of halogens is 2. The fourth-order valence-corrected chi connectivity index (χ4v) is 3.09. The smallest absolute Gasteiger partial charge is 0.256 e. The number of hydrogen-bond donors (Lipinski definition) is 1. The Kier molecular flexibility index (Phi) is 5.46. The van der Waals surface area contributed by atoms with Crippen LogP contribution in [0, 0.1) is 28.9 Å². The lowest BCUT2D eigenvalue weighted by molar-refractivity contribution is -0.121. The topological polar surface area (TPSA) is 73.2 Å². The van der Waals surface area contributed by atoms with Gasteiger partial charge in [-0.15, -0.1) is 0 Å². The first kappa shape index (κ1) is 18.5. The summed E-state index contributed by atoms with van der Waals surface area (Å²) in [5.41, 5.74) is 0.827. The van der Waals surface area contributed by atoms with Gasteiger partial charge in [0.25, 0.3) is 5.91 Å². The third kappa shape index (κ3) is 4.29. The summed E-state index contributed by atoms with van der Waals surface area (Å²) < 4.78 is 26.8. The van der Waals surface area contributed by atoms with E-state index in [9.17, 15) is 18.4 Å². The molecule has 1 aliphatic rings. The molecule has 0 spiro atoms. The number of piperidine rings is 1. The second-order valence-electron chi connectivity index (χ2n) is 6.37. The van der Waals surface area contributed by atoms with Crippen LogP contribution >= 0.6 is 0 Å². The van der Waals surface area contributed by atoms with Gasteiger partial charge in [0.05, 0.1) is 17.2 Å². The van der Waals surface area contributed by atoms with Gasteiger partial charge in [0.1, 0.15) is 11.6 Å².